The summed E-state index contributed by atoms with van der Waals surface area (Å²) in [6, 6.07) is -1.12. The van der Waals surface area contributed by atoms with Crippen LogP contribution in [0, 0.1) is 11.8 Å². The number of rotatable bonds is 4. The Bertz CT molecular complexity index is 359. The van der Waals surface area contributed by atoms with Gasteiger partial charge in [0.05, 0.1) is 0 Å². The van der Waals surface area contributed by atoms with Gasteiger partial charge in [-0.25, -0.2) is 4.79 Å². The van der Waals surface area contributed by atoms with Gasteiger partial charge in [-0.15, -0.1) is 0 Å². The summed E-state index contributed by atoms with van der Waals surface area (Å²) in [6.07, 6.45) is 3.59. The molecular weight excluding hydrogens is 236 g/mol. The van der Waals surface area contributed by atoms with Crippen molar-refractivity contribution in [1.82, 2.24) is 5.32 Å². The lowest BCUT2D eigenvalue weighted by Gasteiger charge is -2.15. The quantitative estimate of drug-likeness (QED) is 0.633. The van der Waals surface area contributed by atoms with Crippen LogP contribution in [0.5, 0.6) is 0 Å². The Morgan fingerprint density at radius 2 is 2.22 bits per heavy atom. The number of aliphatic carboxylic acids is 1. The molecule has 0 aromatic heterocycles. The monoisotopic (exact) mass is 254 g/mol. The zero-order chi connectivity index (χ0) is 13.4. The maximum Gasteiger partial charge on any atom is 0.408 e. The van der Waals surface area contributed by atoms with Crippen LogP contribution in [-0.2, 0) is 9.53 Å². The van der Waals surface area contributed by atoms with E-state index in [4.69, 9.17) is 15.6 Å². The fourth-order valence-corrected chi connectivity index (χ4v) is 1.52. The predicted molar refractivity (Wildman–Crippen MR) is 64.7 cm³/mol. The maximum atomic E-state index is 11.4. The number of carbonyl (C=O) groups is 2. The van der Waals surface area contributed by atoms with Crippen LogP contribution in [0.1, 0.15) is 32.1 Å². The number of amides is 1. The number of ether oxygens (including phenoxy) is 1. The third-order valence-corrected chi connectivity index (χ3v) is 2.56. The van der Waals surface area contributed by atoms with Gasteiger partial charge in [0.15, 0.2) is 6.10 Å². The fraction of sp³-hybridized carbons (Fsp3) is 0.667. The van der Waals surface area contributed by atoms with E-state index in [0.717, 1.165) is 25.7 Å². The Balaban J connectivity index is 2.32. The van der Waals surface area contributed by atoms with Crippen LogP contribution in [0.15, 0.2) is 0 Å². The Morgan fingerprint density at radius 1 is 1.44 bits per heavy atom. The molecule has 1 amide bonds. The maximum absolute atomic E-state index is 11.4. The first-order valence-electron chi connectivity index (χ1n) is 6.01. The third-order valence-electron chi connectivity index (χ3n) is 2.56. The first kappa shape index (κ1) is 14.3. The van der Waals surface area contributed by atoms with E-state index >= 15 is 0 Å². The van der Waals surface area contributed by atoms with E-state index < -0.39 is 24.2 Å². The Labute approximate surface area is 106 Å². The highest BCUT2D eigenvalue weighted by molar-refractivity contribution is 5.75. The van der Waals surface area contributed by atoms with Crippen LogP contribution in [-0.4, -0.2) is 35.9 Å². The molecule has 0 spiro atoms. The number of hydrogen-bond donors (Lipinski definition) is 3. The zero-order valence-electron chi connectivity index (χ0n) is 10.1. The van der Waals surface area contributed by atoms with E-state index in [2.05, 4.69) is 17.2 Å². The second-order valence-electron chi connectivity index (χ2n) is 4.14. The van der Waals surface area contributed by atoms with E-state index in [1.165, 1.54) is 0 Å². The van der Waals surface area contributed by atoms with Crippen molar-refractivity contribution in [3.8, 4) is 11.8 Å². The molecule has 18 heavy (non-hydrogen) atoms. The van der Waals surface area contributed by atoms with E-state index in [-0.39, 0.29) is 6.54 Å². The molecule has 0 heterocycles. The van der Waals surface area contributed by atoms with Gasteiger partial charge >= 0.3 is 12.1 Å². The summed E-state index contributed by atoms with van der Waals surface area (Å²) in [7, 11) is 0. The molecular formula is C12H18N2O4. The molecule has 0 saturated carbocycles. The summed E-state index contributed by atoms with van der Waals surface area (Å²) in [4.78, 5) is 21.8. The number of nitrogens with one attached hydrogen (secondary N) is 1. The van der Waals surface area contributed by atoms with Gasteiger partial charge in [0, 0.05) is 13.0 Å². The van der Waals surface area contributed by atoms with E-state index in [9.17, 15) is 9.59 Å². The topological polar surface area (TPSA) is 102 Å². The number of nitrogens with two attached hydrogens (primary N) is 1. The first-order valence-corrected chi connectivity index (χ1v) is 6.01. The summed E-state index contributed by atoms with van der Waals surface area (Å²) < 4.78 is 5.08. The normalized spacial score (nSPS) is 20.6. The average molecular weight is 254 g/mol. The molecule has 1 rings (SSSR count). The molecule has 4 N–H and O–H groups in total. The first-order chi connectivity index (χ1) is 8.59. The second-order valence-corrected chi connectivity index (χ2v) is 4.14. The standard InChI is InChI=1S/C12H18N2O4/c13-10(11(15)16)8-14-12(17)18-9-6-4-2-1-3-5-7-9/h9-10H,1-4,6,8,13H2,(H,14,17)(H,15,16)/t9?,10-/m1/s1. The molecule has 0 aromatic rings. The van der Waals surface area contributed by atoms with Crippen LogP contribution in [0.25, 0.3) is 0 Å². The van der Waals surface area contributed by atoms with E-state index in [0.29, 0.717) is 6.42 Å². The number of hydrogen-bond acceptors (Lipinski definition) is 4. The lowest BCUT2D eigenvalue weighted by molar-refractivity contribution is -0.138. The van der Waals surface area contributed by atoms with Crippen molar-refractivity contribution in [1.29, 1.82) is 0 Å². The number of carboxylic acid groups (broad SMARTS) is 1. The Morgan fingerprint density at radius 3 is 2.94 bits per heavy atom. The van der Waals surface area contributed by atoms with Crippen molar-refractivity contribution >= 4 is 12.1 Å². The van der Waals surface area contributed by atoms with Gasteiger partial charge < -0.3 is 20.9 Å². The minimum atomic E-state index is -1.17. The van der Waals surface area contributed by atoms with Crippen molar-refractivity contribution in [2.45, 2.75) is 44.2 Å². The molecule has 1 aliphatic carbocycles. The highest BCUT2D eigenvalue weighted by Gasteiger charge is 2.16. The van der Waals surface area contributed by atoms with Crippen LogP contribution >= 0.6 is 0 Å². The average Bonchev–Trinajstić information content (AvgIpc) is 2.29. The summed E-state index contributed by atoms with van der Waals surface area (Å²) in [5.74, 6) is 4.67. The van der Waals surface area contributed by atoms with E-state index in [1.807, 2.05) is 0 Å². The smallest absolute Gasteiger partial charge is 0.408 e. The lowest BCUT2D eigenvalue weighted by Crippen LogP contribution is -2.43. The van der Waals surface area contributed by atoms with Crippen molar-refractivity contribution in [2.24, 2.45) is 5.73 Å². The van der Waals surface area contributed by atoms with Gasteiger partial charge in [-0.05, 0) is 19.3 Å². The second kappa shape index (κ2) is 7.56. The Hall–Kier alpha value is -1.74. The van der Waals surface area contributed by atoms with Crippen LogP contribution in [0.4, 0.5) is 4.79 Å². The third kappa shape index (κ3) is 5.55. The lowest BCUT2D eigenvalue weighted by atomic mass is 10.1. The molecule has 0 saturated heterocycles. The molecule has 1 aliphatic rings. The minimum absolute atomic E-state index is 0.158. The van der Waals surface area contributed by atoms with Crippen molar-refractivity contribution < 1.29 is 19.4 Å². The molecule has 6 heteroatoms. The molecule has 0 aliphatic heterocycles. The highest BCUT2D eigenvalue weighted by Crippen LogP contribution is 2.10. The fourth-order valence-electron chi connectivity index (χ4n) is 1.52. The predicted octanol–water partition coefficient (Wildman–Crippen LogP) is 0.461. The molecule has 2 atom stereocenters. The van der Waals surface area contributed by atoms with Gasteiger partial charge in [-0.3, -0.25) is 4.79 Å². The molecule has 1 unspecified atom stereocenters. The highest BCUT2D eigenvalue weighted by atomic mass is 16.6. The van der Waals surface area contributed by atoms with Gasteiger partial charge in [0.1, 0.15) is 6.04 Å². The van der Waals surface area contributed by atoms with Crippen molar-refractivity contribution in [3.63, 3.8) is 0 Å². The van der Waals surface area contributed by atoms with Gasteiger partial charge in [-0.1, -0.05) is 18.3 Å². The minimum Gasteiger partial charge on any atom is -0.480 e. The SMILES string of the molecule is N[C@H](CNC(=O)OC1C#CCCCCC1)C(=O)O. The molecule has 0 radical (unpaired) electrons. The molecule has 0 fully saturated rings. The largest absolute Gasteiger partial charge is 0.480 e. The van der Waals surface area contributed by atoms with E-state index in [1.54, 1.807) is 0 Å². The summed E-state index contributed by atoms with van der Waals surface area (Å²) in [5.41, 5.74) is 5.25. The molecule has 0 aromatic carbocycles. The summed E-state index contributed by atoms with van der Waals surface area (Å²) >= 11 is 0. The van der Waals surface area contributed by atoms with Crippen molar-refractivity contribution in [2.75, 3.05) is 6.54 Å². The number of carbonyl (C=O) groups excluding carboxylic acids is 1. The molecule has 6 nitrogen and oxygen atoms in total. The van der Waals surface area contributed by atoms with Crippen LogP contribution < -0.4 is 11.1 Å². The number of carboxylic acids is 1. The Kier molecular flexibility index (Phi) is 6.01. The summed E-state index contributed by atoms with van der Waals surface area (Å²) in [5, 5.41) is 10.9. The van der Waals surface area contributed by atoms with Crippen LogP contribution in [0.2, 0.25) is 0 Å². The molecule has 100 valence electrons. The van der Waals surface area contributed by atoms with Gasteiger partial charge in [0.2, 0.25) is 0 Å². The van der Waals surface area contributed by atoms with Crippen LogP contribution in [0.3, 0.4) is 0 Å². The number of alkyl carbamates (subject to hydrolysis) is 1. The van der Waals surface area contributed by atoms with Gasteiger partial charge in [0.25, 0.3) is 0 Å². The van der Waals surface area contributed by atoms with Crippen molar-refractivity contribution in [3.05, 3.63) is 0 Å². The molecule has 0 bridgehead atoms. The summed E-state index contributed by atoms with van der Waals surface area (Å²) in [6.45, 7) is -0.158. The van der Waals surface area contributed by atoms with Gasteiger partial charge in [-0.2, -0.15) is 0 Å². The zero-order valence-corrected chi connectivity index (χ0v) is 10.1.